The van der Waals surface area contributed by atoms with Crippen molar-refractivity contribution in [3.63, 3.8) is 0 Å². The lowest BCUT2D eigenvalue weighted by molar-refractivity contribution is 0.693. The molecule has 0 aliphatic heterocycles. The van der Waals surface area contributed by atoms with Crippen molar-refractivity contribution in [2.75, 3.05) is 0 Å². The van der Waals surface area contributed by atoms with E-state index in [0.717, 1.165) is 6.42 Å². The first kappa shape index (κ1) is 6.60. The van der Waals surface area contributed by atoms with Gasteiger partial charge in [-0.1, -0.05) is 24.6 Å². The smallest absolute Gasteiger partial charge is 0.0276 e. The van der Waals surface area contributed by atoms with Gasteiger partial charge < -0.3 is 0 Å². The van der Waals surface area contributed by atoms with Crippen LogP contribution in [0.3, 0.4) is 0 Å². The van der Waals surface area contributed by atoms with Gasteiger partial charge in [0.1, 0.15) is 0 Å². The SMILES string of the molecule is [C]1=C/C=C\CCCCC/1. The highest BCUT2D eigenvalue weighted by Gasteiger charge is 1.86. The van der Waals surface area contributed by atoms with E-state index in [1.165, 1.54) is 25.7 Å². The van der Waals surface area contributed by atoms with Crippen molar-refractivity contribution in [1.29, 1.82) is 0 Å². The summed E-state index contributed by atoms with van der Waals surface area (Å²) >= 11 is 0. The predicted molar refractivity (Wildman–Crippen MR) is 40.0 cm³/mol. The molecule has 1 aliphatic rings. The Morgan fingerprint density at radius 2 is 2.11 bits per heavy atom. The molecule has 1 radical (unpaired) electrons. The van der Waals surface area contributed by atoms with E-state index in [4.69, 9.17) is 0 Å². The summed E-state index contributed by atoms with van der Waals surface area (Å²) in [7, 11) is 0. The number of rotatable bonds is 0. The van der Waals surface area contributed by atoms with Crippen molar-refractivity contribution in [2.45, 2.75) is 32.1 Å². The molecule has 0 nitrogen and oxygen atoms in total. The molecule has 0 atom stereocenters. The van der Waals surface area contributed by atoms with Crippen LogP contribution in [-0.2, 0) is 0 Å². The molecule has 0 bridgehead atoms. The molecule has 0 saturated heterocycles. The maximum Gasteiger partial charge on any atom is -0.0276 e. The molecule has 0 aromatic heterocycles. The van der Waals surface area contributed by atoms with E-state index in [2.05, 4.69) is 18.2 Å². The van der Waals surface area contributed by atoms with Crippen molar-refractivity contribution in [3.05, 3.63) is 24.3 Å². The quantitative estimate of drug-likeness (QED) is 0.462. The fraction of sp³-hybridized carbons (Fsp3) is 0.556. The Hall–Kier alpha value is -0.520. The fourth-order valence-electron chi connectivity index (χ4n) is 0.982. The second kappa shape index (κ2) is 4.37. The van der Waals surface area contributed by atoms with Crippen LogP contribution in [0.25, 0.3) is 0 Å². The molecule has 0 N–H and O–H groups in total. The molecule has 1 aliphatic carbocycles. The van der Waals surface area contributed by atoms with Gasteiger partial charge in [-0.3, -0.25) is 0 Å². The Kier molecular flexibility index (Phi) is 3.20. The van der Waals surface area contributed by atoms with Crippen LogP contribution in [-0.4, -0.2) is 0 Å². The molecule has 0 fully saturated rings. The van der Waals surface area contributed by atoms with Gasteiger partial charge in [0.15, 0.2) is 0 Å². The maximum absolute atomic E-state index is 3.22. The summed E-state index contributed by atoms with van der Waals surface area (Å²) in [6, 6.07) is 0. The first-order chi connectivity index (χ1) is 4.50. The van der Waals surface area contributed by atoms with Gasteiger partial charge in [-0.15, -0.1) is 0 Å². The molecule has 49 valence electrons. The second-order valence-electron chi connectivity index (χ2n) is 2.40. The van der Waals surface area contributed by atoms with E-state index >= 15 is 0 Å². The zero-order valence-electron chi connectivity index (χ0n) is 5.77. The molecule has 0 spiro atoms. The van der Waals surface area contributed by atoms with Crippen LogP contribution >= 0.6 is 0 Å². The summed E-state index contributed by atoms with van der Waals surface area (Å²) in [5.41, 5.74) is 0. The highest BCUT2D eigenvalue weighted by atomic mass is 13.9. The van der Waals surface area contributed by atoms with E-state index in [0.29, 0.717) is 0 Å². The third kappa shape index (κ3) is 3.12. The largest absolute Gasteiger partial charge is 0.0845 e. The van der Waals surface area contributed by atoms with Gasteiger partial charge in [0, 0.05) is 0 Å². The van der Waals surface area contributed by atoms with Gasteiger partial charge in [0.2, 0.25) is 0 Å². The van der Waals surface area contributed by atoms with Crippen molar-refractivity contribution < 1.29 is 0 Å². The molecule has 0 heterocycles. The minimum Gasteiger partial charge on any atom is -0.0845 e. The Balaban J connectivity index is 2.28. The highest BCUT2D eigenvalue weighted by Crippen LogP contribution is 2.05. The van der Waals surface area contributed by atoms with E-state index in [-0.39, 0.29) is 0 Å². The van der Waals surface area contributed by atoms with E-state index in [9.17, 15) is 0 Å². The van der Waals surface area contributed by atoms with Crippen LogP contribution in [0.1, 0.15) is 32.1 Å². The Morgan fingerprint density at radius 3 is 3.11 bits per heavy atom. The van der Waals surface area contributed by atoms with Crippen molar-refractivity contribution in [3.8, 4) is 0 Å². The van der Waals surface area contributed by atoms with Crippen LogP contribution < -0.4 is 0 Å². The molecule has 0 heteroatoms. The van der Waals surface area contributed by atoms with Gasteiger partial charge in [0.05, 0.1) is 0 Å². The summed E-state index contributed by atoms with van der Waals surface area (Å²) in [5.74, 6) is 0. The summed E-state index contributed by atoms with van der Waals surface area (Å²) in [4.78, 5) is 0. The Labute approximate surface area is 57.3 Å². The summed E-state index contributed by atoms with van der Waals surface area (Å²) in [6.07, 6.45) is 16.0. The van der Waals surface area contributed by atoms with Crippen LogP contribution in [0.15, 0.2) is 18.2 Å². The zero-order chi connectivity index (χ0) is 6.36. The van der Waals surface area contributed by atoms with Gasteiger partial charge >= 0.3 is 0 Å². The lowest BCUT2D eigenvalue weighted by Gasteiger charge is -1.91. The van der Waals surface area contributed by atoms with E-state index in [1.807, 2.05) is 6.08 Å². The molecule has 0 aromatic carbocycles. The van der Waals surface area contributed by atoms with Gasteiger partial charge in [0.25, 0.3) is 0 Å². The Morgan fingerprint density at radius 1 is 1.11 bits per heavy atom. The number of hydrogen-bond donors (Lipinski definition) is 0. The first-order valence-corrected chi connectivity index (χ1v) is 3.72. The predicted octanol–water partition coefficient (Wildman–Crippen LogP) is 2.87. The number of hydrogen-bond acceptors (Lipinski definition) is 0. The minimum absolute atomic E-state index is 1.14. The molecule has 9 heavy (non-hydrogen) atoms. The summed E-state index contributed by atoms with van der Waals surface area (Å²) in [5, 5.41) is 0. The summed E-state index contributed by atoms with van der Waals surface area (Å²) in [6.45, 7) is 0. The molecular formula is C9H13. The van der Waals surface area contributed by atoms with E-state index in [1.54, 1.807) is 0 Å². The fourth-order valence-corrected chi connectivity index (χ4v) is 0.982. The molecule has 0 amide bonds. The average molecular weight is 121 g/mol. The van der Waals surface area contributed by atoms with Crippen molar-refractivity contribution >= 4 is 0 Å². The minimum atomic E-state index is 1.14. The van der Waals surface area contributed by atoms with Crippen molar-refractivity contribution in [2.24, 2.45) is 0 Å². The third-order valence-corrected chi connectivity index (χ3v) is 1.54. The molecule has 0 aromatic rings. The van der Waals surface area contributed by atoms with E-state index < -0.39 is 0 Å². The summed E-state index contributed by atoms with van der Waals surface area (Å²) < 4.78 is 0. The standard InChI is InChI=1S/C9H13/c1-2-4-6-8-9-7-5-3-1/h1-3H,4,6-9H2/b2-1-,5-3?. The normalized spacial score (nSPS) is 27.6. The highest BCUT2D eigenvalue weighted by molar-refractivity contribution is 4.99. The monoisotopic (exact) mass is 121 g/mol. The first-order valence-electron chi connectivity index (χ1n) is 3.72. The van der Waals surface area contributed by atoms with Crippen LogP contribution in [0.2, 0.25) is 0 Å². The molecule has 1 rings (SSSR count). The lowest BCUT2D eigenvalue weighted by Crippen LogP contribution is -1.72. The Bertz CT molecular complexity index is 95.2. The average Bonchev–Trinajstić information content (AvgIpc) is 2.00. The second-order valence-corrected chi connectivity index (χ2v) is 2.40. The zero-order valence-corrected chi connectivity index (χ0v) is 5.77. The molecule has 0 unspecified atom stereocenters. The topological polar surface area (TPSA) is 0 Å². The van der Waals surface area contributed by atoms with Gasteiger partial charge in [-0.25, -0.2) is 0 Å². The van der Waals surface area contributed by atoms with Crippen LogP contribution in [0, 0.1) is 6.08 Å². The van der Waals surface area contributed by atoms with Gasteiger partial charge in [-0.05, 0) is 31.8 Å². The van der Waals surface area contributed by atoms with Gasteiger partial charge in [-0.2, -0.15) is 0 Å². The third-order valence-electron chi connectivity index (χ3n) is 1.54. The lowest BCUT2D eigenvalue weighted by atomic mass is 10.1. The maximum atomic E-state index is 3.22. The van der Waals surface area contributed by atoms with Crippen molar-refractivity contribution in [1.82, 2.24) is 0 Å². The molecule has 0 saturated carbocycles. The van der Waals surface area contributed by atoms with Crippen LogP contribution in [0.5, 0.6) is 0 Å². The molecular weight excluding hydrogens is 108 g/mol. The van der Waals surface area contributed by atoms with Crippen LogP contribution in [0.4, 0.5) is 0 Å². The number of allylic oxidation sites excluding steroid dienone is 4.